The average molecular weight is 518 g/mol. The van der Waals surface area contributed by atoms with Gasteiger partial charge in [0.05, 0.1) is 15.7 Å². The second-order valence-electron chi connectivity index (χ2n) is 7.72. The topological polar surface area (TPSA) is 81.4 Å². The highest BCUT2D eigenvalue weighted by Gasteiger charge is 2.25. The second-order valence-corrected chi connectivity index (χ2v) is 10.8. The van der Waals surface area contributed by atoms with Gasteiger partial charge < -0.3 is 14.5 Å². The van der Waals surface area contributed by atoms with Crippen molar-refractivity contribution in [1.29, 1.82) is 0 Å². The third-order valence-corrected chi connectivity index (χ3v) is 6.88. The number of alkyl halides is 1. The molecule has 0 spiro atoms. The van der Waals surface area contributed by atoms with E-state index in [-0.39, 0.29) is 22.8 Å². The van der Waals surface area contributed by atoms with Crippen molar-refractivity contribution in [3.05, 3.63) is 69.7 Å². The lowest BCUT2D eigenvalue weighted by Gasteiger charge is -2.27. The van der Waals surface area contributed by atoms with Crippen LogP contribution in [0, 0.1) is 0 Å². The van der Waals surface area contributed by atoms with E-state index in [1.54, 1.807) is 0 Å². The number of aromatic nitrogens is 1. The summed E-state index contributed by atoms with van der Waals surface area (Å²) in [5, 5.41) is 4.07. The average Bonchev–Trinajstić information content (AvgIpc) is 3.21. The van der Waals surface area contributed by atoms with Gasteiger partial charge >= 0.3 is 0 Å². The third kappa shape index (κ3) is 5.52. The van der Waals surface area contributed by atoms with Gasteiger partial charge in [-0.2, -0.15) is 0 Å². The summed E-state index contributed by atoms with van der Waals surface area (Å²) in [6.07, 6.45) is 2.16. The zero-order valence-corrected chi connectivity index (χ0v) is 20.9. The quantitative estimate of drug-likeness (QED) is 0.354. The summed E-state index contributed by atoms with van der Waals surface area (Å²) in [4.78, 5) is 3.75. The molecule has 0 aliphatic rings. The first-order chi connectivity index (χ1) is 15.0. The van der Waals surface area contributed by atoms with Gasteiger partial charge in [-0.25, -0.2) is 13.4 Å². The number of rotatable bonds is 9. The van der Waals surface area contributed by atoms with Crippen LogP contribution >= 0.6 is 34.8 Å². The molecule has 0 radical (unpaired) electrons. The molecule has 1 aromatic heterocycles. The highest BCUT2D eigenvalue weighted by molar-refractivity contribution is 7.90. The fourth-order valence-electron chi connectivity index (χ4n) is 3.22. The minimum Gasteiger partial charge on any atom is -0.486 e. The normalized spacial score (nSPS) is 12.1. The van der Waals surface area contributed by atoms with E-state index < -0.39 is 9.84 Å². The van der Waals surface area contributed by atoms with E-state index in [2.05, 4.69) is 24.1 Å². The van der Waals surface area contributed by atoms with Crippen molar-refractivity contribution < 1.29 is 17.6 Å². The van der Waals surface area contributed by atoms with E-state index in [1.807, 2.05) is 36.4 Å². The maximum atomic E-state index is 11.7. The maximum Gasteiger partial charge on any atom is 0.200 e. The first-order valence-corrected chi connectivity index (χ1v) is 12.9. The molecule has 0 atom stereocenters. The monoisotopic (exact) mass is 516 g/mol. The van der Waals surface area contributed by atoms with Crippen molar-refractivity contribution in [3.63, 3.8) is 0 Å². The number of oxazole rings is 1. The van der Waals surface area contributed by atoms with Crippen LogP contribution in [0.5, 0.6) is 5.75 Å². The number of nitrogens with zero attached hydrogens (tertiary/aromatic N) is 1. The SMILES string of the molecule is CC(C)(c1ccc(OCc2ocnc2S(C)(=O)=O)cc1)c1cc(Cl)c(NCCCl)c(Cl)c1. The number of halogens is 3. The molecule has 1 heterocycles. The van der Waals surface area contributed by atoms with Gasteiger partial charge in [-0.3, -0.25) is 0 Å². The van der Waals surface area contributed by atoms with Crippen LogP contribution in [-0.2, 0) is 21.9 Å². The lowest BCUT2D eigenvalue weighted by Crippen LogP contribution is -2.19. The van der Waals surface area contributed by atoms with E-state index in [0.717, 1.165) is 23.8 Å². The smallest absolute Gasteiger partial charge is 0.200 e. The van der Waals surface area contributed by atoms with Crippen molar-refractivity contribution >= 4 is 50.3 Å². The fraction of sp³-hybridized carbons (Fsp3) is 0.318. The second kappa shape index (κ2) is 9.91. The van der Waals surface area contributed by atoms with Crippen LogP contribution in [-0.4, -0.2) is 32.1 Å². The Bertz CT molecular complexity index is 1170. The van der Waals surface area contributed by atoms with Crippen LogP contribution in [0.1, 0.15) is 30.7 Å². The fourth-order valence-corrected chi connectivity index (χ4v) is 4.69. The predicted molar refractivity (Wildman–Crippen MR) is 128 cm³/mol. The lowest BCUT2D eigenvalue weighted by molar-refractivity contribution is 0.265. The van der Waals surface area contributed by atoms with Crippen LogP contribution in [0.2, 0.25) is 10.0 Å². The van der Waals surface area contributed by atoms with Crippen molar-refractivity contribution in [1.82, 2.24) is 4.98 Å². The summed E-state index contributed by atoms with van der Waals surface area (Å²) >= 11 is 18.7. The van der Waals surface area contributed by atoms with Gasteiger partial charge in [0.25, 0.3) is 0 Å². The first-order valence-electron chi connectivity index (χ1n) is 9.69. The molecule has 0 aliphatic heterocycles. The van der Waals surface area contributed by atoms with Gasteiger partial charge in [0.2, 0.25) is 0 Å². The summed E-state index contributed by atoms with van der Waals surface area (Å²) in [5.41, 5.74) is 2.26. The van der Waals surface area contributed by atoms with Crippen LogP contribution in [0.4, 0.5) is 5.69 Å². The zero-order valence-electron chi connectivity index (χ0n) is 17.8. The summed E-state index contributed by atoms with van der Waals surface area (Å²) in [6.45, 7) is 4.66. The molecule has 0 saturated heterocycles. The van der Waals surface area contributed by atoms with Crippen molar-refractivity contribution in [2.45, 2.75) is 30.9 Å². The summed E-state index contributed by atoms with van der Waals surface area (Å²) < 4.78 is 34.3. The Morgan fingerprint density at radius 3 is 2.28 bits per heavy atom. The molecular formula is C22H23Cl3N2O4S. The number of nitrogens with one attached hydrogen (secondary N) is 1. The summed E-state index contributed by atoms with van der Waals surface area (Å²) in [5.74, 6) is 1.17. The Labute approximate surface area is 202 Å². The Morgan fingerprint density at radius 2 is 1.72 bits per heavy atom. The Morgan fingerprint density at radius 1 is 1.09 bits per heavy atom. The minimum atomic E-state index is -3.48. The molecule has 2 aromatic carbocycles. The van der Waals surface area contributed by atoms with Gasteiger partial charge in [0.15, 0.2) is 27.0 Å². The highest BCUT2D eigenvalue weighted by atomic mass is 35.5. The molecule has 172 valence electrons. The van der Waals surface area contributed by atoms with Crippen LogP contribution in [0.25, 0.3) is 0 Å². The van der Waals surface area contributed by atoms with Crippen molar-refractivity contribution in [2.75, 3.05) is 24.0 Å². The highest BCUT2D eigenvalue weighted by Crippen LogP contribution is 2.39. The molecule has 0 saturated carbocycles. The number of benzene rings is 2. The van der Waals surface area contributed by atoms with E-state index in [9.17, 15) is 8.42 Å². The van der Waals surface area contributed by atoms with Gasteiger partial charge in [-0.05, 0) is 35.4 Å². The number of hydrogen-bond donors (Lipinski definition) is 1. The van der Waals surface area contributed by atoms with E-state index in [4.69, 9.17) is 44.0 Å². The molecule has 3 aromatic rings. The Balaban J connectivity index is 1.77. The van der Waals surface area contributed by atoms with E-state index in [0.29, 0.717) is 33.9 Å². The van der Waals surface area contributed by atoms with Gasteiger partial charge in [-0.15, -0.1) is 11.6 Å². The number of ether oxygens (including phenoxy) is 1. The van der Waals surface area contributed by atoms with Crippen LogP contribution in [0.3, 0.4) is 0 Å². The lowest BCUT2D eigenvalue weighted by atomic mass is 9.78. The van der Waals surface area contributed by atoms with Crippen molar-refractivity contribution in [2.24, 2.45) is 0 Å². The van der Waals surface area contributed by atoms with Crippen LogP contribution in [0.15, 0.2) is 52.2 Å². The molecule has 1 N–H and O–H groups in total. The molecule has 10 heteroatoms. The number of hydrogen-bond acceptors (Lipinski definition) is 6. The largest absolute Gasteiger partial charge is 0.486 e. The van der Waals surface area contributed by atoms with Crippen molar-refractivity contribution in [3.8, 4) is 5.75 Å². The van der Waals surface area contributed by atoms with Gasteiger partial charge in [0, 0.05) is 24.1 Å². The number of sulfone groups is 1. The first kappa shape index (κ1) is 24.7. The van der Waals surface area contributed by atoms with Crippen LogP contribution < -0.4 is 10.1 Å². The van der Waals surface area contributed by atoms with Gasteiger partial charge in [-0.1, -0.05) is 49.2 Å². The van der Waals surface area contributed by atoms with E-state index >= 15 is 0 Å². The molecule has 0 bridgehead atoms. The molecule has 32 heavy (non-hydrogen) atoms. The molecule has 0 fully saturated rings. The summed E-state index contributed by atoms with van der Waals surface area (Å²) in [7, 11) is -3.48. The number of anilines is 1. The molecule has 0 unspecified atom stereocenters. The maximum absolute atomic E-state index is 11.7. The van der Waals surface area contributed by atoms with Gasteiger partial charge in [0.1, 0.15) is 12.4 Å². The molecule has 6 nitrogen and oxygen atoms in total. The molecule has 0 aliphatic carbocycles. The summed E-state index contributed by atoms with van der Waals surface area (Å²) in [6, 6.07) is 11.3. The van der Waals surface area contributed by atoms with E-state index in [1.165, 1.54) is 0 Å². The molecule has 0 amide bonds. The zero-order chi connectivity index (χ0) is 23.5. The molecule has 3 rings (SSSR count). The standard InChI is InChI=1S/C22H23Cl3N2O4S/c1-22(2,15-10-17(24)20(18(25)11-15)26-9-8-23)14-4-6-16(7-5-14)30-12-19-21(27-13-31-19)32(3,28)29/h4-7,10-11,13,26H,8-9,12H2,1-3H3. The predicted octanol–water partition coefficient (Wildman–Crippen LogP) is 5.94. The Kier molecular flexibility index (Phi) is 7.65. The Hall–Kier alpha value is -1.93. The third-order valence-electron chi connectivity index (χ3n) is 5.06. The minimum absolute atomic E-state index is 0.0485. The molecular weight excluding hydrogens is 495 g/mol.